The molecule has 1 radical (unpaired) electrons. The first-order valence-electron chi connectivity index (χ1n) is 13.4. The van der Waals surface area contributed by atoms with Crippen LogP contribution in [0.5, 0.6) is 23.0 Å². The summed E-state index contributed by atoms with van der Waals surface area (Å²) in [7, 11) is -4.22. The van der Waals surface area contributed by atoms with Gasteiger partial charge in [-0.2, -0.15) is 10.2 Å². The fourth-order valence-electron chi connectivity index (χ4n) is 4.34. The maximum absolute atomic E-state index is 12.0. The molecule has 0 aliphatic heterocycles. The molecule has 48 heavy (non-hydrogen) atoms. The summed E-state index contributed by atoms with van der Waals surface area (Å²) in [6.07, 6.45) is 0. The Hall–Kier alpha value is -5.92. The van der Waals surface area contributed by atoms with Crippen LogP contribution in [0.25, 0.3) is 21.5 Å². The third-order valence-corrected chi connectivity index (χ3v) is 7.54. The number of benzene rings is 6. The molecular formula is C32H21CrN6O8S. The van der Waals surface area contributed by atoms with Crippen molar-refractivity contribution in [3.05, 3.63) is 119 Å². The predicted molar refractivity (Wildman–Crippen MR) is 168 cm³/mol. The minimum atomic E-state index is -4.22. The number of phenols is 2. The first-order valence-corrected chi connectivity index (χ1v) is 14.9. The molecular weight excluding hydrogens is 680 g/mol. The molecule has 1 unspecified atom stereocenters. The average molecular weight is 702 g/mol. The molecule has 6 aromatic carbocycles. The second kappa shape index (κ2) is 14.7. The van der Waals surface area contributed by atoms with Crippen molar-refractivity contribution in [2.24, 2.45) is 20.5 Å². The maximum Gasteiger partial charge on any atom is 3.00 e. The maximum atomic E-state index is 12.0. The SMILES string of the molecule is N=S(=O)([O-])c1ccc([O-])c(N=Nc2c([O-])ccc3ccccc23)c1.O=[N+]([O-])c1ccc(O)c(N=Nc2c(O)ccc3ccccc23)c1.[Cr+3]. The van der Waals surface area contributed by atoms with Gasteiger partial charge < -0.3 is 25.0 Å². The van der Waals surface area contributed by atoms with Crippen LogP contribution in [-0.4, -0.2) is 23.9 Å². The first kappa shape index (κ1) is 34.9. The van der Waals surface area contributed by atoms with Gasteiger partial charge in [-0.15, -0.1) is 10.2 Å². The van der Waals surface area contributed by atoms with Crippen LogP contribution in [0.15, 0.2) is 135 Å². The number of rotatable bonds is 6. The van der Waals surface area contributed by atoms with Gasteiger partial charge in [0.2, 0.25) is 0 Å². The Morgan fingerprint density at radius 3 is 1.83 bits per heavy atom. The number of phenolic OH excluding ortho intramolecular Hbond substituents is 2. The van der Waals surface area contributed by atoms with E-state index in [9.17, 15) is 39.3 Å². The van der Waals surface area contributed by atoms with Crippen LogP contribution < -0.4 is 10.2 Å². The number of nitro benzene ring substituents is 1. The minimum Gasteiger partial charge on any atom is -0.871 e. The van der Waals surface area contributed by atoms with Crippen molar-refractivity contribution in [2.75, 3.05) is 0 Å². The van der Waals surface area contributed by atoms with Crippen molar-refractivity contribution in [2.45, 2.75) is 4.90 Å². The van der Waals surface area contributed by atoms with E-state index in [2.05, 4.69) is 20.5 Å². The molecule has 16 heteroatoms. The average Bonchev–Trinajstić information content (AvgIpc) is 3.05. The summed E-state index contributed by atoms with van der Waals surface area (Å²) in [4.78, 5) is 9.83. The Balaban J connectivity index is 0.000000212. The molecule has 1 atom stereocenters. The molecule has 3 N–H and O–H groups in total. The Labute approximate surface area is 283 Å². The zero-order valence-corrected chi connectivity index (χ0v) is 26.4. The quantitative estimate of drug-likeness (QED) is 0.0888. The zero-order valence-electron chi connectivity index (χ0n) is 24.3. The second-order valence-corrected chi connectivity index (χ2v) is 11.2. The molecule has 14 nitrogen and oxygen atoms in total. The van der Waals surface area contributed by atoms with Crippen LogP contribution in [0, 0.1) is 14.9 Å². The van der Waals surface area contributed by atoms with E-state index in [1.165, 1.54) is 24.3 Å². The number of nitrogens with zero attached hydrogens (tertiary/aromatic N) is 5. The van der Waals surface area contributed by atoms with Crippen LogP contribution in [-0.2, 0) is 27.4 Å². The molecule has 0 saturated carbocycles. The second-order valence-electron chi connectivity index (χ2n) is 9.75. The van der Waals surface area contributed by atoms with Gasteiger partial charge in [0.05, 0.1) is 16.3 Å². The van der Waals surface area contributed by atoms with E-state index in [0.717, 1.165) is 35.0 Å². The summed E-state index contributed by atoms with van der Waals surface area (Å²) < 4.78 is 29.5. The Morgan fingerprint density at radius 2 is 1.19 bits per heavy atom. The van der Waals surface area contributed by atoms with Crippen LogP contribution in [0.1, 0.15) is 0 Å². The van der Waals surface area contributed by atoms with E-state index in [0.29, 0.717) is 10.8 Å². The number of aromatic hydroxyl groups is 2. The molecule has 6 aromatic rings. The topological polar surface area (TPSA) is 243 Å². The molecule has 239 valence electrons. The molecule has 0 aliphatic carbocycles. The van der Waals surface area contributed by atoms with Gasteiger partial charge in [0.25, 0.3) is 5.69 Å². The van der Waals surface area contributed by atoms with Gasteiger partial charge >= 0.3 is 17.4 Å². The van der Waals surface area contributed by atoms with Gasteiger partial charge in [-0.25, -0.2) is 0 Å². The number of nitro groups is 1. The van der Waals surface area contributed by atoms with Gasteiger partial charge in [0.1, 0.15) is 22.9 Å². The van der Waals surface area contributed by atoms with Crippen molar-refractivity contribution in [1.29, 1.82) is 4.78 Å². The molecule has 0 bridgehead atoms. The summed E-state index contributed by atoms with van der Waals surface area (Å²) in [5, 5.41) is 72.6. The third kappa shape index (κ3) is 7.89. The normalized spacial score (nSPS) is 12.4. The molecule has 0 fully saturated rings. The molecule has 0 heterocycles. The van der Waals surface area contributed by atoms with Gasteiger partial charge in [-0.05, 0) is 35.0 Å². The van der Waals surface area contributed by atoms with Crippen molar-refractivity contribution in [3.63, 3.8) is 0 Å². The summed E-state index contributed by atoms with van der Waals surface area (Å²) in [5.41, 5.74) is -0.221. The van der Waals surface area contributed by atoms with Gasteiger partial charge in [0.15, 0.2) is 0 Å². The van der Waals surface area contributed by atoms with Crippen molar-refractivity contribution in [1.82, 2.24) is 0 Å². The monoisotopic (exact) mass is 701 g/mol. The Kier molecular flexibility index (Phi) is 10.7. The van der Waals surface area contributed by atoms with Crippen molar-refractivity contribution < 1.29 is 51.5 Å². The van der Waals surface area contributed by atoms with Crippen LogP contribution in [0.4, 0.5) is 28.4 Å². The Morgan fingerprint density at radius 1 is 0.646 bits per heavy atom. The van der Waals surface area contributed by atoms with Crippen LogP contribution in [0.3, 0.4) is 0 Å². The largest absolute Gasteiger partial charge is 3.00 e. The number of hydrogen-bond donors (Lipinski definition) is 3. The standard InChI is InChI=1S/C16H13N3O4S.C16H11N3O4.Cr/c17-24(22,23)11-6-8-14(20)13(9-11)18-19-16-12-4-2-1-3-10(12)5-7-15(16)21;20-14-8-6-11(19(22)23)9-13(14)17-18-16-12-4-2-1-3-10(12)5-7-15(16)21;/h1-9,20-21H,(H2,17,22,23);1-9,20-21H;/q;;+3/p-3. The summed E-state index contributed by atoms with van der Waals surface area (Å²) >= 11 is 0. The first-order chi connectivity index (χ1) is 22.4. The van der Waals surface area contributed by atoms with Crippen LogP contribution in [0.2, 0.25) is 0 Å². The number of hydrogen-bond acceptors (Lipinski definition) is 13. The van der Waals surface area contributed by atoms with Crippen LogP contribution >= 0.6 is 0 Å². The van der Waals surface area contributed by atoms with E-state index in [4.69, 9.17) is 4.78 Å². The summed E-state index contributed by atoms with van der Waals surface area (Å²) in [6, 6.07) is 27.0. The number of non-ortho nitro benzene ring substituents is 1. The van der Waals surface area contributed by atoms with E-state index >= 15 is 0 Å². The minimum absolute atomic E-state index is 0. The molecule has 0 saturated heterocycles. The van der Waals surface area contributed by atoms with E-state index < -0.39 is 20.7 Å². The summed E-state index contributed by atoms with van der Waals surface area (Å²) in [5.74, 6) is -1.23. The van der Waals surface area contributed by atoms with Gasteiger partial charge in [-0.3, -0.25) is 19.1 Å². The molecule has 6 rings (SSSR count). The number of nitrogens with one attached hydrogen (secondary N) is 1. The fraction of sp³-hybridized carbons (Fsp3) is 0. The van der Waals surface area contributed by atoms with Crippen molar-refractivity contribution in [3.8, 4) is 23.0 Å². The predicted octanol–water partition coefficient (Wildman–Crippen LogP) is 7.51. The van der Waals surface area contributed by atoms with Gasteiger partial charge in [-0.1, -0.05) is 84.3 Å². The molecule has 0 amide bonds. The van der Waals surface area contributed by atoms with E-state index in [1.54, 1.807) is 42.5 Å². The van der Waals surface area contributed by atoms with E-state index in [-0.39, 0.29) is 67.9 Å². The van der Waals surface area contributed by atoms with E-state index in [1.807, 2.05) is 18.2 Å². The molecule has 0 spiro atoms. The van der Waals surface area contributed by atoms with Crippen molar-refractivity contribution >= 4 is 60.0 Å². The fourth-order valence-corrected chi connectivity index (χ4v) is 4.86. The third-order valence-electron chi connectivity index (χ3n) is 6.67. The van der Waals surface area contributed by atoms with Gasteiger partial charge in [0, 0.05) is 37.8 Å². The molecule has 0 aromatic heterocycles. The Bertz CT molecular complexity index is 2330. The molecule has 0 aliphatic rings. The summed E-state index contributed by atoms with van der Waals surface area (Å²) in [6.45, 7) is 0. The number of azo groups is 2. The number of fused-ring (bicyclic) bond motifs is 2. The smallest absolute Gasteiger partial charge is 0.871 e. The zero-order chi connectivity index (χ0) is 33.7.